The first kappa shape index (κ1) is 14.8. The molecule has 2 N–H and O–H groups in total. The van der Waals surface area contributed by atoms with E-state index >= 15 is 0 Å². The van der Waals surface area contributed by atoms with E-state index in [1.54, 1.807) is 18.2 Å². The second-order valence-corrected chi connectivity index (χ2v) is 5.25. The Bertz CT molecular complexity index is 601. The van der Waals surface area contributed by atoms with Crippen molar-refractivity contribution in [3.05, 3.63) is 64.4 Å². The van der Waals surface area contributed by atoms with E-state index in [0.29, 0.717) is 12.1 Å². The first-order valence-electron chi connectivity index (χ1n) is 6.48. The van der Waals surface area contributed by atoms with Gasteiger partial charge in [0, 0.05) is 24.8 Å². The Balaban J connectivity index is 2.39. The molecule has 0 saturated heterocycles. The molecule has 4 heteroatoms. The number of aryl methyl sites for hydroxylation is 1. The zero-order valence-corrected chi connectivity index (χ0v) is 12.4. The second kappa shape index (κ2) is 6.25. The summed E-state index contributed by atoms with van der Waals surface area (Å²) < 4.78 is 14.2. The standard InChI is InChI=1S/C16H18ClFN2/c1-11-5-3-6-12(9-11)20(2)15(10-19)13-7-4-8-14(17)16(13)18/h3-9,15H,10,19H2,1-2H3. The first-order valence-corrected chi connectivity index (χ1v) is 6.86. The van der Waals surface area contributed by atoms with Crippen molar-refractivity contribution in [3.8, 4) is 0 Å². The Kier molecular flexibility index (Phi) is 4.63. The fraction of sp³-hybridized carbons (Fsp3) is 0.250. The number of nitrogens with zero attached hydrogens (tertiary/aromatic N) is 1. The van der Waals surface area contributed by atoms with Gasteiger partial charge in [0.1, 0.15) is 5.82 Å². The lowest BCUT2D eigenvalue weighted by atomic mass is 10.0. The zero-order chi connectivity index (χ0) is 14.7. The third-order valence-electron chi connectivity index (χ3n) is 3.44. The molecule has 0 bridgehead atoms. The van der Waals surface area contributed by atoms with Gasteiger partial charge in [-0.1, -0.05) is 35.9 Å². The second-order valence-electron chi connectivity index (χ2n) is 4.84. The van der Waals surface area contributed by atoms with Gasteiger partial charge in [0.15, 0.2) is 0 Å². The van der Waals surface area contributed by atoms with Crippen molar-refractivity contribution < 1.29 is 4.39 Å². The summed E-state index contributed by atoms with van der Waals surface area (Å²) in [6.07, 6.45) is 0. The van der Waals surface area contributed by atoms with Crippen molar-refractivity contribution in [2.75, 3.05) is 18.5 Å². The van der Waals surface area contributed by atoms with Crippen LogP contribution in [0.3, 0.4) is 0 Å². The van der Waals surface area contributed by atoms with E-state index in [-0.39, 0.29) is 11.1 Å². The minimum absolute atomic E-state index is 0.124. The monoisotopic (exact) mass is 292 g/mol. The number of likely N-dealkylation sites (N-methyl/N-ethyl adjacent to an activating group) is 1. The smallest absolute Gasteiger partial charge is 0.147 e. The number of nitrogens with two attached hydrogens (primary N) is 1. The van der Waals surface area contributed by atoms with Crippen LogP contribution in [0.2, 0.25) is 5.02 Å². The fourth-order valence-electron chi connectivity index (χ4n) is 2.30. The van der Waals surface area contributed by atoms with Crippen LogP contribution in [0.4, 0.5) is 10.1 Å². The van der Waals surface area contributed by atoms with E-state index in [9.17, 15) is 4.39 Å². The minimum Gasteiger partial charge on any atom is -0.366 e. The Hall–Kier alpha value is -1.58. The third kappa shape index (κ3) is 2.94. The highest BCUT2D eigenvalue weighted by atomic mass is 35.5. The molecule has 0 radical (unpaired) electrons. The molecule has 0 spiro atoms. The number of anilines is 1. The topological polar surface area (TPSA) is 29.3 Å². The van der Waals surface area contributed by atoms with Gasteiger partial charge in [-0.05, 0) is 30.7 Å². The van der Waals surface area contributed by atoms with Gasteiger partial charge in [0.05, 0.1) is 11.1 Å². The van der Waals surface area contributed by atoms with Gasteiger partial charge in [0.25, 0.3) is 0 Å². The Morgan fingerprint density at radius 2 is 1.95 bits per heavy atom. The largest absolute Gasteiger partial charge is 0.366 e. The Labute approximate surface area is 124 Å². The van der Waals surface area contributed by atoms with Crippen LogP contribution in [-0.2, 0) is 0 Å². The van der Waals surface area contributed by atoms with Crippen LogP contribution in [-0.4, -0.2) is 13.6 Å². The highest BCUT2D eigenvalue weighted by Crippen LogP contribution is 2.29. The van der Waals surface area contributed by atoms with Crippen molar-refractivity contribution in [3.63, 3.8) is 0 Å². The molecule has 0 saturated carbocycles. The number of rotatable bonds is 4. The SMILES string of the molecule is Cc1cccc(N(C)C(CN)c2cccc(Cl)c2F)c1. The highest BCUT2D eigenvalue weighted by molar-refractivity contribution is 6.30. The van der Waals surface area contributed by atoms with Gasteiger partial charge in [-0.3, -0.25) is 0 Å². The molecule has 2 nitrogen and oxygen atoms in total. The Morgan fingerprint density at radius 3 is 2.60 bits per heavy atom. The van der Waals surface area contributed by atoms with Crippen molar-refractivity contribution >= 4 is 17.3 Å². The molecule has 2 aromatic carbocycles. The van der Waals surface area contributed by atoms with E-state index in [4.69, 9.17) is 17.3 Å². The summed E-state index contributed by atoms with van der Waals surface area (Å²) in [6, 6.07) is 12.8. The average Bonchev–Trinajstić information content (AvgIpc) is 2.44. The van der Waals surface area contributed by atoms with Crippen LogP contribution in [0.15, 0.2) is 42.5 Å². The molecule has 2 aromatic rings. The molecule has 20 heavy (non-hydrogen) atoms. The number of halogens is 2. The maximum atomic E-state index is 14.2. The molecule has 0 aromatic heterocycles. The van der Waals surface area contributed by atoms with Crippen LogP contribution in [0.5, 0.6) is 0 Å². The molecule has 1 unspecified atom stereocenters. The van der Waals surface area contributed by atoms with Crippen LogP contribution in [0, 0.1) is 12.7 Å². The lowest BCUT2D eigenvalue weighted by Crippen LogP contribution is -2.31. The molecular formula is C16H18ClFN2. The number of hydrogen-bond acceptors (Lipinski definition) is 2. The summed E-state index contributed by atoms with van der Waals surface area (Å²) in [5.74, 6) is -0.399. The van der Waals surface area contributed by atoms with Gasteiger partial charge >= 0.3 is 0 Å². The summed E-state index contributed by atoms with van der Waals surface area (Å²) >= 11 is 5.86. The molecule has 0 aliphatic rings. The maximum absolute atomic E-state index is 14.2. The quantitative estimate of drug-likeness (QED) is 0.925. The van der Waals surface area contributed by atoms with E-state index in [1.165, 1.54) is 0 Å². The van der Waals surface area contributed by atoms with Crippen LogP contribution in [0.25, 0.3) is 0 Å². The van der Waals surface area contributed by atoms with Crippen LogP contribution >= 0.6 is 11.6 Å². The molecular weight excluding hydrogens is 275 g/mol. The summed E-state index contributed by atoms with van der Waals surface area (Å²) in [4.78, 5) is 1.97. The van der Waals surface area contributed by atoms with Gasteiger partial charge < -0.3 is 10.6 Å². The van der Waals surface area contributed by atoms with Crippen LogP contribution in [0.1, 0.15) is 17.2 Å². The van der Waals surface area contributed by atoms with E-state index in [0.717, 1.165) is 11.3 Å². The van der Waals surface area contributed by atoms with E-state index < -0.39 is 5.82 Å². The van der Waals surface area contributed by atoms with Gasteiger partial charge in [0.2, 0.25) is 0 Å². The van der Waals surface area contributed by atoms with Gasteiger partial charge in [-0.15, -0.1) is 0 Å². The molecule has 0 aliphatic carbocycles. The molecule has 106 valence electrons. The fourth-order valence-corrected chi connectivity index (χ4v) is 2.48. The molecule has 0 aliphatic heterocycles. The molecule has 2 rings (SSSR count). The molecule has 0 fully saturated rings. The summed E-state index contributed by atoms with van der Waals surface area (Å²) in [6.45, 7) is 2.33. The first-order chi connectivity index (χ1) is 9.54. The summed E-state index contributed by atoms with van der Waals surface area (Å²) in [5.41, 5.74) is 8.52. The third-order valence-corrected chi connectivity index (χ3v) is 3.73. The maximum Gasteiger partial charge on any atom is 0.147 e. The van der Waals surface area contributed by atoms with Crippen molar-refractivity contribution in [1.29, 1.82) is 0 Å². The predicted molar refractivity (Wildman–Crippen MR) is 82.8 cm³/mol. The minimum atomic E-state index is -0.399. The van der Waals surface area contributed by atoms with Gasteiger partial charge in [-0.25, -0.2) is 4.39 Å². The van der Waals surface area contributed by atoms with Crippen molar-refractivity contribution in [1.82, 2.24) is 0 Å². The number of hydrogen-bond donors (Lipinski definition) is 1. The predicted octanol–water partition coefficient (Wildman–Crippen LogP) is 3.92. The van der Waals surface area contributed by atoms with Crippen molar-refractivity contribution in [2.45, 2.75) is 13.0 Å². The summed E-state index contributed by atoms with van der Waals surface area (Å²) in [5, 5.41) is 0.124. The van der Waals surface area contributed by atoms with Crippen molar-refractivity contribution in [2.24, 2.45) is 5.73 Å². The van der Waals surface area contributed by atoms with Crippen LogP contribution < -0.4 is 10.6 Å². The molecule has 0 amide bonds. The summed E-state index contributed by atoms with van der Waals surface area (Å²) in [7, 11) is 1.91. The lowest BCUT2D eigenvalue weighted by Gasteiger charge is -2.30. The highest BCUT2D eigenvalue weighted by Gasteiger charge is 2.20. The van der Waals surface area contributed by atoms with Gasteiger partial charge in [-0.2, -0.15) is 0 Å². The average molecular weight is 293 g/mol. The number of benzene rings is 2. The molecule has 1 atom stereocenters. The molecule has 0 heterocycles. The Morgan fingerprint density at radius 1 is 1.25 bits per heavy atom. The lowest BCUT2D eigenvalue weighted by molar-refractivity contribution is 0.573. The normalized spacial score (nSPS) is 12.2. The van der Waals surface area contributed by atoms with E-state index in [1.807, 2.05) is 43.1 Å². The van der Waals surface area contributed by atoms with E-state index in [2.05, 4.69) is 0 Å². The zero-order valence-electron chi connectivity index (χ0n) is 11.6.